The third-order valence-corrected chi connectivity index (χ3v) is 8.16. The second-order valence-electron chi connectivity index (χ2n) is 8.37. The number of rotatable bonds is 7. The molecule has 2 aliphatic heterocycles. The molecule has 0 atom stereocenters. The zero-order valence-electron chi connectivity index (χ0n) is 16.5. The summed E-state index contributed by atoms with van der Waals surface area (Å²) in [4.78, 5) is 29.5. The molecule has 0 N–H and O–H groups in total. The average molecular weight is 381 g/mol. The zero-order chi connectivity index (χ0) is 18.4. The molecule has 2 heterocycles. The third kappa shape index (κ3) is 4.76. The van der Waals surface area contributed by atoms with Crippen LogP contribution in [0.4, 0.5) is 0 Å². The van der Waals surface area contributed by atoms with Crippen LogP contribution in [0.3, 0.4) is 0 Å². The Morgan fingerprint density at radius 3 is 2.42 bits per heavy atom. The van der Waals surface area contributed by atoms with Crippen molar-refractivity contribution in [3.05, 3.63) is 0 Å². The summed E-state index contributed by atoms with van der Waals surface area (Å²) in [6.45, 7) is 4.72. The molecule has 148 valence electrons. The molecule has 26 heavy (non-hydrogen) atoms. The Hall–Kier alpha value is -0.710. The van der Waals surface area contributed by atoms with Gasteiger partial charge in [0.25, 0.3) is 0 Å². The lowest BCUT2D eigenvalue weighted by Gasteiger charge is -2.44. The Balaban J connectivity index is 1.48. The number of carbonyl (C=O) groups is 2. The van der Waals surface area contributed by atoms with E-state index in [-0.39, 0.29) is 4.87 Å². The van der Waals surface area contributed by atoms with Crippen LogP contribution < -0.4 is 0 Å². The first-order valence-electron chi connectivity index (χ1n) is 10.9. The lowest BCUT2D eigenvalue weighted by atomic mass is 9.98. The van der Waals surface area contributed by atoms with Gasteiger partial charge in [0.05, 0.1) is 4.87 Å². The SMILES string of the molecule is CCCCCC(=O)N1CCC2(CC1)SCCN2C(=O)CCC1CCCC1. The number of hydrogen-bond donors (Lipinski definition) is 0. The molecule has 0 aromatic rings. The van der Waals surface area contributed by atoms with E-state index in [2.05, 4.69) is 11.8 Å². The van der Waals surface area contributed by atoms with E-state index in [9.17, 15) is 9.59 Å². The van der Waals surface area contributed by atoms with E-state index < -0.39 is 0 Å². The molecule has 1 spiro atoms. The number of amides is 2. The maximum absolute atomic E-state index is 12.9. The van der Waals surface area contributed by atoms with Crippen LogP contribution in [0.1, 0.15) is 84.0 Å². The summed E-state index contributed by atoms with van der Waals surface area (Å²) in [5, 5.41) is 0. The van der Waals surface area contributed by atoms with Crippen LogP contribution in [-0.2, 0) is 9.59 Å². The molecule has 5 heteroatoms. The van der Waals surface area contributed by atoms with Crippen molar-refractivity contribution in [1.29, 1.82) is 0 Å². The summed E-state index contributed by atoms with van der Waals surface area (Å²) < 4.78 is 0. The predicted molar refractivity (Wildman–Crippen MR) is 108 cm³/mol. The largest absolute Gasteiger partial charge is 0.342 e. The molecule has 0 aromatic heterocycles. The summed E-state index contributed by atoms with van der Waals surface area (Å²) in [6.07, 6.45) is 13.1. The first kappa shape index (κ1) is 20.0. The van der Waals surface area contributed by atoms with E-state index in [4.69, 9.17) is 0 Å². The Kier molecular flexibility index (Phi) is 7.30. The van der Waals surface area contributed by atoms with Crippen molar-refractivity contribution in [3.63, 3.8) is 0 Å². The molecule has 4 nitrogen and oxygen atoms in total. The van der Waals surface area contributed by atoms with Gasteiger partial charge in [-0.25, -0.2) is 0 Å². The van der Waals surface area contributed by atoms with Gasteiger partial charge in [-0.05, 0) is 31.6 Å². The number of carbonyl (C=O) groups excluding carboxylic acids is 2. The normalized spacial score (nSPS) is 23.1. The van der Waals surface area contributed by atoms with E-state index in [0.29, 0.717) is 18.2 Å². The van der Waals surface area contributed by atoms with E-state index >= 15 is 0 Å². The van der Waals surface area contributed by atoms with Crippen LogP contribution >= 0.6 is 11.8 Å². The summed E-state index contributed by atoms with van der Waals surface area (Å²) in [5.41, 5.74) is 0. The quantitative estimate of drug-likeness (QED) is 0.614. The predicted octanol–water partition coefficient (Wildman–Crippen LogP) is 4.43. The molecule has 3 aliphatic rings. The Morgan fingerprint density at radius 1 is 1.00 bits per heavy atom. The van der Waals surface area contributed by atoms with Crippen molar-refractivity contribution in [2.45, 2.75) is 88.8 Å². The second kappa shape index (κ2) is 9.48. The highest BCUT2D eigenvalue weighted by molar-refractivity contribution is 8.00. The summed E-state index contributed by atoms with van der Waals surface area (Å²) in [7, 11) is 0. The van der Waals surface area contributed by atoms with Gasteiger partial charge in [0, 0.05) is 38.2 Å². The highest BCUT2D eigenvalue weighted by atomic mass is 32.2. The van der Waals surface area contributed by atoms with Crippen LogP contribution in [0.2, 0.25) is 0 Å². The van der Waals surface area contributed by atoms with Crippen LogP contribution in [0.25, 0.3) is 0 Å². The Bertz CT molecular complexity index is 482. The molecule has 1 aliphatic carbocycles. The maximum Gasteiger partial charge on any atom is 0.223 e. The zero-order valence-corrected chi connectivity index (χ0v) is 17.3. The summed E-state index contributed by atoms with van der Waals surface area (Å²) in [5.74, 6) is 2.52. The molecule has 1 saturated carbocycles. The minimum Gasteiger partial charge on any atom is -0.342 e. The van der Waals surface area contributed by atoms with Crippen molar-refractivity contribution in [3.8, 4) is 0 Å². The van der Waals surface area contributed by atoms with Gasteiger partial charge in [0.1, 0.15) is 0 Å². The molecule has 2 amide bonds. The van der Waals surface area contributed by atoms with Gasteiger partial charge in [-0.2, -0.15) is 0 Å². The lowest BCUT2D eigenvalue weighted by molar-refractivity contribution is -0.137. The fourth-order valence-electron chi connectivity index (χ4n) is 4.93. The summed E-state index contributed by atoms with van der Waals surface area (Å²) in [6, 6.07) is 0. The van der Waals surface area contributed by atoms with Crippen molar-refractivity contribution < 1.29 is 9.59 Å². The topological polar surface area (TPSA) is 40.6 Å². The van der Waals surface area contributed by atoms with Crippen LogP contribution in [0, 0.1) is 5.92 Å². The highest BCUT2D eigenvalue weighted by Gasteiger charge is 2.46. The molecule has 0 unspecified atom stereocenters. The van der Waals surface area contributed by atoms with Gasteiger partial charge >= 0.3 is 0 Å². The molecule has 2 saturated heterocycles. The molecular formula is C21H36N2O2S. The van der Waals surface area contributed by atoms with Crippen LogP contribution in [0.15, 0.2) is 0 Å². The number of nitrogens with zero attached hydrogens (tertiary/aromatic N) is 2. The second-order valence-corrected chi connectivity index (χ2v) is 9.82. The standard InChI is InChI=1S/C21H36N2O2S/c1-2-3-4-9-19(24)22-14-12-21(13-15-22)23(16-17-26-21)20(25)11-10-18-7-5-6-8-18/h18H,2-17H2,1H3. The van der Waals surface area contributed by atoms with Gasteiger partial charge in [-0.15, -0.1) is 11.8 Å². The smallest absolute Gasteiger partial charge is 0.223 e. The minimum absolute atomic E-state index is 0.0209. The van der Waals surface area contributed by atoms with E-state index in [1.807, 2.05) is 16.7 Å². The molecule has 0 aromatic carbocycles. The molecule has 3 fully saturated rings. The highest BCUT2D eigenvalue weighted by Crippen LogP contribution is 2.44. The van der Waals surface area contributed by atoms with E-state index in [1.165, 1.54) is 25.7 Å². The fraction of sp³-hybridized carbons (Fsp3) is 0.905. The van der Waals surface area contributed by atoms with Crippen LogP contribution in [-0.4, -0.2) is 51.9 Å². The van der Waals surface area contributed by atoms with E-state index in [0.717, 1.165) is 76.3 Å². The van der Waals surface area contributed by atoms with E-state index in [1.54, 1.807) is 0 Å². The molecule has 3 rings (SSSR count). The van der Waals surface area contributed by atoms with Crippen molar-refractivity contribution in [2.24, 2.45) is 5.92 Å². The Morgan fingerprint density at radius 2 is 1.73 bits per heavy atom. The first-order valence-corrected chi connectivity index (χ1v) is 11.9. The molecule has 0 radical (unpaired) electrons. The number of piperidine rings is 1. The minimum atomic E-state index is -0.0209. The monoisotopic (exact) mass is 380 g/mol. The van der Waals surface area contributed by atoms with Gasteiger partial charge in [-0.1, -0.05) is 45.4 Å². The van der Waals surface area contributed by atoms with Gasteiger partial charge < -0.3 is 9.80 Å². The van der Waals surface area contributed by atoms with Gasteiger partial charge in [0.2, 0.25) is 11.8 Å². The first-order chi connectivity index (χ1) is 12.6. The number of hydrogen-bond acceptors (Lipinski definition) is 3. The third-order valence-electron chi connectivity index (χ3n) is 6.61. The van der Waals surface area contributed by atoms with Crippen LogP contribution in [0.5, 0.6) is 0 Å². The molecule has 0 bridgehead atoms. The van der Waals surface area contributed by atoms with Crippen molar-refractivity contribution in [1.82, 2.24) is 9.80 Å². The number of thioether (sulfide) groups is 1. The van der Waals surface area contributed by atoms with Gasteiger partial charge in [-0.3, -0.25) is 9.59 Å². The fourth-order valence-corrected chi connectivity index (χ4v) is 6.40. The average Bonchev–Trinajstić information content (AvgIpc) is 3.31. The molecular weight excluding hydrogens is 344 g/mol. The Labute approximate surface area is 163 Å². The lowest BCUT2D eigenvalue weighted by Crippen LogP contribution is -2.53. The number of likely N-dealkylation sites (tertiary alicyclic amines) is 1. The number of unbranched alkanes of at least 4 members (excludes halogenated alkanes) is 2. The van der Waals surface area contributed by atoms with Crippen molar-refractivity contribution >= 4 is 23.6 Å². The van der Waals surface area contributed by atoms with Crippen molar-refractivity contribution in [2.75, 3.05) is 25.4 Å². The van der Waals surface area contributed by atoms with Gasteiger partial charge in [0.15, 0.2) is 0 Å². The maximum atomic E-state index is 12.9. The summed E-state index contributed by atoms with van der Waals surface area (Å²) >= 11 is 1.96.